The number of methoxy groups -OCH3 is 1. The van der Waals surface area contributed by atoms with Crippen molar-refractivity contribution in [1.29, 1.82) is 0 Å². The van der Waals surface area contributed by atoms with Gasteiger partial charge in [0.15, 0.2) is 0 Å². The summed E-state index contributed by atoms with van der Waals surface area (Å²) in [5, 5.41) is 3.53. The van der Waals surface area contributed by atoms with Crippen molar-refractivity contribution in [3.8, 4) is 0 Å². The van der Waals surface area contributed by atoms with Crippen LogP contribution in [0.25, 0.3) is 0 Å². The molecule has 2 nitrogen and oxygen atoms in total. The van der Waals surface area contributed by atoms with E-state index >= 15 is 0 Å². The van der Waals surface area contributed by atoms with Gasteiger partial charge >= 0.3 is 0 Å². The molecule has 0 aromatic carbocycles. The van der Waals surface area contributed by atoms with Gasteiger partial charge in [-0.2, -0.15) is 0 Å². The first kappa shape index (κ1) is 16.0. The van der Waals surface area contributed by atoms with Gasteiger partial charge in [-0.25, -0.2) is 0 Å². The number of hydrogen-bond acceptors (Lipinski definition) is 2. The summed E-state index contributed by atoms with van der Waals surface area (Å²) in [4.78, 5) is 0. The van der Waals surface area contributed by atoms with E-state index < -0.39 is 0 Å². The molecular formula is C16H33NO. The lowest BCUT2D eigenvalue weighted by Crippen LogP contribution is -2.39. The summed E-state index contributed by atoms with van der Waals surface area (Å²) in [6.07, 6.45) is 9.42. The molecule has 0 bridgehead atoms. The quantitative estimate of drug-likeness (QED) is 0.742. The molecule has 1 fully saturated rings. The van der Waals surface area contributed by atoms with Gasteiger partial charge in [0.2, 0.25) is 0 Å². The fourth-order valence-electron chi connectivity index (χ4n) is 3.37. The molecule has 108 valence electrons. The minimum Gasteiger partial charge on any atom is -0.379 e. The first-order valence-electron chi connectivity index (χ1n) is 7.74. The smallest absolute Gasteiger partial charge is 0.0622 e. The number of hydrogen-bond donors (Lipinski definition) is 1. The van der Waals surface area contributed by atoms with E-state index in [0.29, 0.717) is 0 Å². The van der Waals surface area contributed by atoms with Crippen molar-refractivity contribution < 1.29 is 4.74 Å². The maximum absolute atomic E-state index is 5.55. The monoisotopic (exact) mass is 255 g/mol. The Balaban J connectivity index is 2.47. The Morgan fingerprint density at radius 2 is 1.94 bits per heavy atom. The molecule has 2 heteroatoms. The first-order chi connectivity index (χ1) is 8.52. The van der Waals surface area contributed by atoms with Crippen molar-refractivity contribution >= 4 is 0 Å². The standard InChI is InChI=1S/C16H33NO/c1-6-7-13-8-9-15(17-4)14(12-13)10-11-16(2,3)18-5/h13-15,17H,6-12H2,1-5H3. The first-order valence-corrected chi connectivity index (χ1v) is 7.74. The second-order valence-corrected chi connectivity index (χ2v) is 6.63. The third kappa shape index (κ3) is 4.89. The molecule has 3 atom stereocenters. The molecule has 0 radical (unpaired) electrons. The molecule has 0 aliphatic heterocycles. The average molecular weight is 255 g/mol. The molecule has 18 heavy (non-hydrogen) atoms. The van der Waals surface area contributed by atoms with E-state index in [1.165, 1.54) is 44.9 Å². The van der Waals surface area contributed by atoms with Gasteiger partial charge in [0.1, 0.15) is 0 Å². The van der Waals surface area contributed by atoms with Gasteiger partial charge < -0.3 is 10.1 Å². The Bertz CT molecular complexity index is 227. The minimum absolute atomic E-state index is 0.0377. The van der Waals surface area contributed by atoms with Gasteiger partial charge in [-0.15, -0.1) is 0 Å². The lowest BCUT2D eigenvalue weighted by Gasteiger charge is -2.37. The topological polar surface area (TPSA) is 21.3 Å². The molecule has 0 heterocycles. The molecular weight excluding hydrogens is 222 g/mol. The molecule has 1 rings (SSSR count). The largest absolute Gasteiger partial charge is 0.379 e. The molecule has 1 aliphatic rings. The van der Waals surface area contributed by atoms with Gasteiger partial charge in [0, 0.05) is 13.2 Å². The maximum Gasteiger partial charge on any atom is 0.0622 e. The Morgan fingerprint density at radius 1 is 1.22 bits per heavy atom. The summed E-state index contributed by atoms with van der Waals surface area (Å²) in [6.45, 7) is 6.72. The molecule has 1 N–H and O–H groups in total. The Morgan fingerprint density at radius 3 is 2.50 bits per heavy atom. The summed E-state index contributed by atoms with van der Waals surface area (Å²) >= 11 is 0. The van der Waals surface area contributed by atoms with Gasteiger partial charge in [-0.3, -0.25) is 0 Å². The van der Waals surface area contributed by atoms with E-state index in [1.54, 1.807) is 0 Å². The van der Waals surface area contributed by atoms with Crippen molar-refractivity contribution in [2.45, 2.75) is 77.4 Å². The lowest BCUT2D eigenvalue weighted by molar-refractivity contribution is 0.00629. The van der Waals surface area contributed by atoms with E-state index in [0.717, 1.165) is 17.9 Å². The van der Waals surface area contributed by atoms with E-state index in [-0.39, 0.29) is 5.60 Å². The zero-order valence-corrected chi connectivity index (χ0v) is 13.1. The van der Waals surface area contributed by atoms with Gasteiger partial charge in [-0.1, -0.05) is 19.8 Å². The van der Waals surface area contributed by atoms with E-state index in [4.69, 9.17) is 4.74 Å². The Labute approximate surface area is 114 Å². The van der Waals surface area contributed by atoms with Crippen molar-refractivity contribution in [3.05, 3.63) is 0 Å². The van der Waals surface area contributed by atoms with Crippen LogP contribution < -0.4 is 5.32 Å². The molecule has 0 saturated heterocycles. The predicted molar refractivity (Wildman–Crippen MR) is 78.9 cm³/mol. The van der Waals surface area contributed by atoms with Gasteiger partial charge in [0.25, 0.3) is 0 Å². The molecule has 1 saturated carbocycles. The van der Waals surface area contributed by atoms with Crippen LogP contribution >= 0.6 is 0 Å². The van der Waals surface area contributed by atoms with E-state index in [9.17, 15) is 0 Å². The average Bonchev–Trinajstić information content (AvgIpc) is 2.37. The number of nitrogens with one attached hydrogen (secondary N) is 1. The highest BCUT2D eigenvalue weighted by molar-refractivity contribution is 4.85. The van der Waals surface area contributed by atoms with E-state index in [2.05, 4.69) is 33.1 Å². The third-order valence-electron chi connectivity index (χ3n) is 4.83. The second-order valence-electron chi connectivity index (χ2n) is 6.63. The minimum atomic E-state index is 0.0377. The highest BCUT2D eigenvalue weighted by atomic mass is 16.5. The van der Waals surface area contributed by atoms with Crippen LogP contribution in [0.2, 0.25) is 0 Å². The molecule has 0 aromatic heterocycles. The summed E-state index contributed by atoms with van der Waals surface area (Å²) in [7, 11) is 3.95. The van der Waals surface area contributed by atoms with Crippen LogP contribution in [0.1, 0.15) is 65.7 Å². The van der Waals surface area contributed by atoms with E-state index in [1.807, 2.05) is 7.11 Å². The SMILES string of the molecule is CCCC1CCC(NC)C(CCC(C)(C)OC)C1. The van der Waals surface area contributed by atoms with Crippen LogP contribution in [-0.2, 0) is 4.74 Å². The van der Waals surface area contributed by atoms with Crippen molar-refractivity contribution in [2.24, 2.45) is 11.8 Å². The van der Waals surface area contributed by atoms with Crippen LogP contribution in [-0.4, -0.2) is 25.8 Å². The Kier molecular flexibility index (Phi) is 6.65. The van der Waals surface area contributed by atoms with Crippen molar-refractivity contribution in [1.82, 2.24) is 5.32 Å². The van der Waals surface area contributed by atoms with Crippen LogP contribution in [0.5, 0.6) is 0 Å². The fraction of sp³-hybridized carbons (Fsp3) is 1.00. The fourth-order valence-corrected chi connectivity index (χ4v) is 3.37. The molecule has 0 amide bonds. The van der Waals surface area contributed by atoms with Gasteiger partial charge in [0.05, 0.1) is 5.60 Å². The summed E-state index contributed by atoms with van der Waals surface area (Å²) in [5.41, 5.74) is 0.0377. The maximum atomic E-state index is 5.55. The zero-order chi connectivity index (χ0) is 13.6. The summed E-state index contributed by atoms with van der Waals surface area (Å²) < 4.78 is 5.55. The highest BCUT2D eigenvalue weighted by Gasteiger charge is 2.30. The zero-order valence-electron chi connectivity index (χ0n) is 13.1. The molecule has 1 aliphatic carbocycles. The number of rotatable bonds is 7. The summed E-state index contributed by atoms with van der Waals surface area (Å²) in [5.74, 6) is 1.81. The second kappa shape index (κ2) is 7.49. The molecule has 0 spiro atoms. The summed E-state index contributed by atoms with van der Waals surface area (Å²) in [6, 6.07) is 0.728. The normalized spacial score (nSPS) is 29.5. The molecule has 0 aromatic rings. The highest BCUT2D eigenvalue weighted by Crippen LogP contribution is 2.35. The lowest BCUT2D eigenvalue weighted by atomic mass is 9.73. The predicted octanol–water partition coefficient (Wildman–Crippen LogP) is 4.00. The van der Waals surface area contributed by atoms with Crippen LogP contribution in [0.15, 0.2) is 0 Å². The Hall–Kier alpha value is -0.0800. The van der Waals surface area contributed by atoms with Crippen LogP contribution in [0.4, 0.5) is 0 Å². The van der Waals surface area contributed by atoms with Crippen LogP contribution in [0.3, 0.4) is 0 Å². The van der Waals surface area contributed by atoms with Crippen molar-refractivity contribution in [3.63, 3.8) is 0 Å². The molecule has 3 unspecified atom stereocenters. The third-order valence-corrected chi connectivity index (χ3v) is 4.83. The number of ether oxygens (including phenoxy) is 1. The van der Waals surface area contributed by atoms with Gasteiger partial charge in [-0.05, 0) is 64.8 Å². The van der Waals surface area contributed by atoms with Crippen LogP contribution in [0, 0.1) is 11.8 Å². The van der Waals surface area contributed by atoms with Crippen molar-refractivity contribution in [2.75, 3.05) is 14.2 Å².